The van der Waals surface area contributed by atoms with Gasteiger partial charge in [-0.2, -0.15) is 0 Å². The van der Waals surface area contributed by atoms with Gasteiger partial charge < -0.3 is 4.74 Å². The molecule has 18 heavy (non-hydrogen) atoms. The van der Waals surface area contributed by atoms with E-state index in [1.165, 1.54) is 49.8 Å². The van der Waals surface area contributed by atoms with Crippen molar-refractivity contribution in [3.63, 3.8) is 0 Å². The van der Waals surface area contributed by atoms with Crippen molar-refractivity contribution in [1.29, 1.82) is 0 Å². The van der Waals surface area contributed by atoms with E-state index in [-0.39, 0.29) is 0 Å². The molecule has 0 aromatic heterocycles. The summed E-state index contributed by atoms with van der Waals surface area (Å²) in [5.74, 6) is 0. The highest BCUT2D eigenvalue weighted by atomic mass is 32.2. The van der Waals surface area contributed by atoms with Crippen LogP contribution in [0, 0.1) is 0 Å². The highest BCUT2D eigenvalue weighted by molar-refractivity contribution is 8.00. The van der Waals surface area contributed by atoms with Crippen molar-refractivity contribution in [3.8, 4) is 0 Å². The second kappa shape index (κ2) is 5.66. The van der Waals surface area contributed by atoms with E-state index in [4.69, 9.17) is 4.74 Å². The lowest BCUT2D eigenvalue weighted by Crippen LogP contribution is -2.40. The van der Waals surface area contributed by atoms with Crippen LogP contribution in [0.15, 0.2) is 35.2 Å². The first-order valence-corrected chi connectivity index (χ1v) is 8.06. The van der Waals surface area contributed by atoms with Crippen LogP contribution >= 0.6 is 11.8 Å². The molecular weight excluding hydrogens is 240 g/mol. The van der Waals surface area contributed by atoms with Crippen molar-refractivity contribution in [2.24, 2.45) is 0 Å². The van der Waals surface area contributed by atoms with Crippen molar-refractivity contribution in [2.75, 3.05) is 6.61 Å². The average molecular weight is 262 g/mol. The maximum Gasteiger partial charge on any atom is 0.0726 e. The Balaban J connectivity index is 1.80. The molecule has 1 aliphatic heterocycles. The molecule has 3 rings (SSSR count). The Bertz CT molecular complexity index is 364. The minimum Gasteiger partial charge on any atom is -0.377 e. The minimum atomic E-state index is 0.357. The first-order chi connectivity index (χ1) is 8.89. The Morgan fingerprint density at radius 2 is 1.78 bits per heavy atom. The Hall–Kier alpha value is -0.470. The molecule has 0 N–H and O–H groups in total. The van der Waals surface area contributed by atoms with Gasteiger partial charge in [-0.1, -0.05) is 37.5 Å². The van der Waals surface area contributed by atoms with Gasteiger partial charge in [-0.25, -0.2) is 0 Å². The molecule has 1 aromatic rings. The zero-order valence-corrected chi connectivity index (χ0v) is 11.8. The van der Waals surface area contributed by atoms with Crippen LogP contribution in [-0.2, 0) is 4.74 Å². The molecule has 1 heterocycles. The molecule has 2 fully saturated rings. The van der Waals surface area contributed by atoms with Gasteiger partial charge in [0.1, 0.15) is 0 Å². The topological polar surface area (TPSA) is 9.23 Å². The predicted octanol–water partition coefficient (Wildman–Crippen LogP) is 4.66. The van der Waals surface area contributed by atoms with Gasteiger partial charge in [-0.05, 0) is 37.8 Å². The van der Waals surface area contributed by atoms with Gasteiger partial charge in [-0.3, -0.25) is 0 Å². The quantitative estimate of drug-likeness (QED) is 0.783. The van der Waals surface area contributed by atoms with Crippen LogP contribution < -0.4 is 0 Å². The average Bonchev–Trinajstić information content (AvgIpc) is 2.95. The zero-order chi connectivity index (χ0) is 12.3. The molecule has 0 bridgehead atoms. The maximum absolute atomic E-state index is 6.05. The summed E-state index contributed by atoms with van der Waals surface area (Å²) in [5, 5.41) is 0. The van der Waals surface area contributed by atoms with Gasteiger partial charge >= 0.3 is 0 Å². The van der Waals surface area contributed by atoms with Crippen LogP contribution in [0.5, 0.6) is 0 Å². The van der Waals surface area contributed by atoms with Crippen molar-refractivity contribution in [1.82, 2.24) is 0 Å². The van der Waals surface area contributed by atoms with Gasteiger partial charge in [0.2, 0.25) is 0 Å². The van der Waals surface area contributed by atoms with Crippen molar-refractivity contribution in [2.45, 2.75) is 60.7 Å². The third-order valence-corrected chi connectivity index (χ3v) is 5.87. The van der Waals surface area contributed by atoms with E-state index in [1.807, 2.05) is 0 Å². The monoisotopic (exact) mass is 262 g/mol. The molecule has 1 unspecified atom stereocenters. The Kier molecular flexibility index (Phi) is 3.95. The molecule has 1 atom stereocenters. The highest BCUT2D eigenvalue weighted by Crippen LogP contribution is 2.49. The minimum absolute atomic E-state index is 0.357. The largest absolute Gasteiger partial charge is 0.377 e. The molecule has 1 nitrogen and oxygen atoms in total. The van der Waals surface area contributed by atoms with Gasteiger partial charge in [0, 0.05) is 16.2 Å². The van der Waals surface area contributed by atoms with E-state index in [1.54, 1.807) is 0 Å². The lowest BCUT2D eigenvalue weighted by atomic mass is 9.83. The molecule has 98 valence electrons. The number of hydrogen-bond acceptors (Lipinski definition) is 2. The second-order valence-electron chi connectivity index (χ2n) is 5.54. The lowest BCUT2D eigenvalue weighted by molar-refractivity contribution is 0.0644. The van der Waals surface area contributed by atoms with Gasteiger partial charge in [-0.15, -0.1) is 11.8 Å². The van der Waals surface area contributed by atoms with Crippen LogP contribution in [0.4, 0.5) is 0 Å². The van der Waals surface area contributed by atoms with E-state index in [9.17, 15) is 0 Å². The van der Waals surface area contributed by atoms with Crippen molar-refractivity contribution < 1.29 is 4.74 Å². The van der Waals surface area contributed by atoms with E-state index < -0.39 is 0 Å². The first-order valence-electron chi connectivity index (χ1n) is 7.25. The number of hydrogen-bond donors (Lipinski definition) is 0. The third kappa shape index (κ3) is 2.60. The summed E-state index contributed by atoms with van der Waals surface area (Å²) in [5.41, 5.74) is 0. The van der Waals surface area contributed by atoms with Crippen LogP contribution in [0.3, 0.4) is 0 Å². The summed E-state index contributed by atoms with van der Waals surface area (Å²) in [6, 6.07) is 10.9. The lowest BCUT2D eigenvalue weighted by Gasteiger charge is -2.41. The van der Waals surface area contributed by atoms with Crippen LogP contribution in [0.2, 0.25) is 0 Å². The fourth-order valence-electron chi connectivity index (χ4n) is 3.36. The molecule has 1 aromatic carbocycles. The van der Waals surface area contributed by atoms with Gasteiger partial charge in [0.15, 0.2) is 0 Å². The molecule has 0 amide bonds. The molecule has 1 aliphatic carbocycles. The van der Waals surface area contributed by atoms with E-state index in [0.717, 1.165) is 6.61 Å². The first kappa shape index (κ1) is 12.6. The summed E-state index contributed by atoms with van der Waals surface area (Å²) in [6.45, 7) is 0.974. The SMILES string of the molecule is c1ccc(SC2(C3CCCO3)CCCCC2)cc1. The summed E-state index contributed by atoms with van der Waals surface area (Å²) < 4.78 is 6.40. The number of thioether (sulfide) groups is 1. The Labute approximate surface area is 114 Å². The fraction of sp³-hybridized carbons (Fsp3) is 0.625. The highest BCUT2D eigenvalue weighted by Gasteiger charge is 2.42. The van der Waals surface area contributed by atoms with Crippen molar-refractivity contribution in [3.05, 3.63) is 30.3 Å². The molecule has 0 spiro atoms. The Morgan fingerprint density at radius 1 is 1.00 bits per heavy atom. The molecule has 1 saturated carbocycles. The maximum atomic E-state index is 6.05. The smallest absolute Gasteiger partial charge is 0.0726 e. The number of ether oxygens (including phenoxy) is 1. The predicted molar refractivity (Wildman–Crippen MR) is 77.1 cm³/mol. The number of rotatable bonds is 3. The Morgan fingerprint density at radius 3 is 2.44 bits per heavy atom. The normalized spacial score (nSPS) is 27.2. The molecule has 1 saturated heterocycles. The second-order valence-corrected chi connectivity index (χ2v) is 7.03. The van der Waals surface area contributed by atoms with Crippen LogP contribution in [-0.4, -0.2) is 17.5 Å². The molecule has 0 radical (unpaired) electrons. The number of benzene rings is 1. The van der Waals surface area contributed by atoms with Gasteiger partial charge in [0.05, 0.1) is 6.10 Å². The van der Waals surface area contributed by atoms with Crippen LogP contribution in [0.1, 0.15) is 44.9 Å². The standard InChI is InChI=1S/C16H22OS/c1-3-8-14(9-4-1)18-16(11-5-2-6-12-16)15-10-7-13-17-15/h1,3-4,8-9,15H,2,5-7,10-13H2. The summed E-state index contributed by atoms with van der Waals surface area (Å²) >= 11 is 2.08. The van der Waals surface area contributed by atoms with E-state index in [0.29, 0.717) is 10.9 Å². The van der Waals surface area contributed by atoms with E-state index in [2.05, 4.69) is 42.1 Å². The van der Waals surface area contributed by atoms with Gasteiger partial charge in [0.25, 0.3) is 0 Å². The van der Waals surface area contributed by atoms with Crippen LogP contribution in [0.25, 0.3) is 0 Å². The fourth-order valence-corrected chi connectivity index (χ4v) is 4.93. The molecular formula is C16H22OS. The van der Waals surface area contributed by atoms with E-state index >= 15 is 0 Å². The summed E-state index contributed by atoms with van der Waals surface area (Å²) in [7, 11) is 0. The summed E-state index contributed by atoms with van der Waals surface area (Å²) in [6.07, 6.45) is 9.82. The summed E-state index contributed by atoms with van der Waals surface area (Å²) in [4.78, 5) is 1.41. The van der Waals surface area contributed by atoms with Crippen molar-refractivity contribution >= 4 is 11.8 Å². The molecule has 2 aliphatic rings. The third-order valence-electron chi connectivity index (χ3n) is 4.28. The molecule has 2 heteroatoms. The zero-order valence-electron chi connectivity index (χ0n) is 10.9.